The van der Waals surface area contributed by atoms with Gasteiger partial charge in [-0.1, -0.05) is 36.4 Å². The Hall–Kier alpha value is -2.04. The Bertz CT molecular complexity index is 1030. The van der Waals surface area contributed by atoms with Gasteiger partial charge in [0.25, 0.3) is 0 Å². The van der Waals surface area contributed by atoms with Crippen LogP contribution in [0.5, 0.6) is 0 Å². The lowest BCUT2D eigenvalue weighted by molar-refractivity contribution is -0.897. The van der Waals surface area contributed by atoms with Gasteiger partial charge in [-0.05, 0) is 35.9 Å². The average Bonchev–Trinajstić information content (AvgIpc) is 2.69. The summed E-state index contributed by atoms with van der Waals surface area (Å²) in [6.45, 7) is 3.12. The van der Waals surface area contributed by atoms with Crippen molar-refractivity contribution in [3.05, 3.63) is 66.2 Å². The maximum Gasteiger partial charge on any atom is 0.243 e. The zero-order valence-electron chi connectivity index (χ0n) is 15.4. The Morgan fingerprint density at radius 3 is 2.04 bits per heavy atom. The van der Waals surface area contributed by atoms with Gasteiger partial charge in [-0.2, -0.15) is 4.31 Å². The molecule has 0 atom stereocenters. The van der Waals surface area contributed by atoms with Crippen LogP contribution in [0.3, 0.4) is 0 Å². The van der Waals surface area contributed by atoms with Crippen molar-refractivity contribution in [2.24, 2.45) is 5.14 Å². The first-order valence-electron chi connectivity index (χ1n) is 8.95. The molecular weight excluding hydrogens is 398 g/mol. The van der Waals surface area contributed by atoms with E-state index in [0.717, 1.165) is 12.1 Å². The predicted molar refractivity (Wildman–Crippen MR) is 108 cm³/mol. The Balaban J connectivity index is 1.58. The van der Waals surface area contributed by atoms with Gasteiger partial charge in [-0.25, -0.2) is 22.0 Å². The molecule has 0 spiro atoms. The Morgan fingerprint density at radius 1 is 0.893 bits per heavy atom. The first-order valence-corrected chi connectivity index (χ1v) is 11.9. The molecule has 1 aliphatic rings. The second-order valence-corrected chi connectivity index (χ2v) is 10.2. The lowest BCUT2D eigenvalue weighted by atomic mass is 10.2. The molecule has 0 unspecified atom stereocenters. The van der Waals surface area contributed by atoms with Crippen LogP contribution in [0, 0.1) is 0 Å². The quantitative estimate of drug-likeness (QED) is 0.681. The van der Waals surface area contributed by atoms with Crippen molar-refractivity contribution in [2.75, 3.05) is 32.7 Å². The SMILES string of the molecule is NS(=O)(=O)c1ccc(S(=O)(=O)N2CC[NH+](CC=Cc3ccccc3)CC2)cc1. The molecule has 2 aromatic rings. The Morgan fingerprint density at radius 2 is 1.46 bits per heavy atom. The summed E-state index contributed by atoms with van der Waals surface area (Å²) in [7, 11) is -7.49. The summed E-state index contributed by atoms with van der Waals surface area (Å²) in [5.41, 5.74) is 1.14. The van der Waals surface area contributed by atoms with Crippen LogP contribution in [0.1, 0.15) is 5.56 Å². The summed E-state index contributed by atoms with van der Waals surface area (Å²) in [5, 5.41) is 5.06. The molecule has 0 radical (unpaired) electrons. The number of nitrogens with two attached hydrogens (primary N) is 1. The molecule has 0 bridgehead atoms. The zero-order valence-corrected chi connectivity index (χ0v) is 17.0. The fraction of sp³-hybridized carbons (Fsp3) is 0.263. The van der Waals surface area contributed by atoms with Gasteiger partial charge < -0.3 is 4.90 Å². The molecule has 3 N–H and O–H groups in total. The van der Waals surface area contributed by atoms with Crippen molar-refractivity contribution >= 4 is 26.1 Å². The summed E-state index contributed by atoms with van der Waals surface area (Å²) in [6, 6.07) is 15.1. The number of rotatable bonds is 6. The van der Waals surface area contributed by atoms with Crippen molar-refractivity contribution < 1.29 is 21.7 Å². The molecule has 28 heavy (non-hydrogen) atoms. The highest BCUT2D eigenvalue weighted by atomic mass is 32.2. The van der Waals surface area contributed by atoms with Gasteiger partial charge in [0.2, 0.25) is 20.0 Å². The molecule has 1 fully saturated rings. The van der Waals surface area contributed by atoms with Gasteiger partial charge in [-0.15, -0.1) is 0 Å². The number of benzene rings is 2. The van der Waals surface area contributed by atoms with Crippen LogP contribution >= 0.6 is 0 Å². The molecule has 2 aromatic carbocycles. The van der Waals surface area contributed by atoms with Crippen LogP contribution in [-0.2, 0) is 20.0 Å². The summed E-state index contributed by atoms with van der Waals surface area (Å²) in [4.78, 5) is 1.29. The maximum absolute atomic E-state index is 12.8. The van der Waals surface area contributed by atoms with Crippen LogP contribution in [0.15, 0.2) is 70.5 Å². The van der Waals surface area contributed by atoms with Crippen molar-refractivity contribution in [3.8, 4) is 0 Å². The molecule has 150 valence electrons. The van der Waals surface area contributed by atoms with Crippen LogP contribution in [0.4, 0.5) is 0 Å². The minimum Gasteiger partial charge on any atom is -0.329 e. The second-order valence-electron chi connectivity index (χ2n) is 6.69. The van der Waals surface area contributed by atoms with Gasteiger partial charge in [-0.3, -0.25) is 0 Å². The molecule has 0 amide bonds. The Kier molecular flexibility index (Phi) is 6.31. The monoisotopic (exact) mass is 422 g/mol. The smallest absolute Gasteiger partial charge is 0.243 e. The van der Waals surface area contributed by atoms with Gasteiger partial charge in [0.05, 0.1) is 42.5 Å². The van der Waals surface area contributed by atoms with Crippen molar-refractivity contribution in [3.63, 3.8) is 0 Å². The third kappa shape index (κ3) is 5.06. The third-order valence-corrected chi connectivity index (χ3v) is 7.58. The molecule has 7 nitrogen and oxygen atoms in total. The van der Waals surface area contributed by atoms with E-state index in [2.05, 4.69) is 12.2 Å². The highest BCUT2D eigenvalue weighted by Gasteiger charge is 2.30. The number of primary sulfonamides is 1. The van der Waals surface area contributed by atoms with E-state index in [9.17, 15) is 16.8 Å². The van der Waals surface area contributed by atoms with E-state index in [-0.39, 0.29) is 9.79 Å². The van der Waals surface area contributed by atoms with E-state index in [1.165, 1.54) is 33.5 Å². The average molecular weight is 423 g/mol. The van der Waals surface area contributed by atoms with Gasteiger partial charge in [0, 0.05) is 0 Å². The van der Waals surface area contributed by atoms with E-state index >= 15 is 0 Å². The van der Waals surface area contributed by atoms with E-state index in [1.54, 1.807) is 0 Å². The summed E-state index contributed by atoms with van der Waals surface area (Å²) >= 11 is 0. The van der Waals surface area contributed by atoms with Gasteiger partial charge >= 0.3 is 0 Å². The first-order chi connectivity index (χ1) is 13.3. The third-order valence-electron chi connectivity index (χ3n) is 4.74. The lowest BCUT2D eigenvalue weighted by Crippen LogP contribution is -3.14. The minimum absolute atomic E-state index is 0.0762. The number of quaternary nitrogens is 1. The summed E-state index contributed by atoms with van der Waals surface area (Å²) < 4.78 is 49.6. The van der Waals surface area contributed by atoms with Crippen LogP contribution < -0.4 is 10.0 Å². The summed E-state index contributed by atoms with van der Waals surface area (Å²) in [5.74, 6) is 0. The first kappa shape index (κ1) is 20.7. The largest absolute Gasteiger partial charge is 0.329 e. The molecule has 3 rings (SSSR count). The highest BCUT2D eigenvalue weighted by Crippen LogP contribution is 2.18. The van der Waals surface area contributed by atoms with Gasteiger partial charge in [0.1, 0.15) is 0 Å². The van der Waals surface area contributed by atoms with Crippen LogP contribution in [0.2, 0.25) is 0 Å². The van der Waals surface area contributed by atoms with Crippen molar-refractivity contribution in [1.29, 1.82) is 0 Å². The van der Waals surface area contributed by atoms with Crippen LogP contribution in [0.25, 0.3) is 6.08 Å². The maximum atomic E-state index is 12.8. The Labute approximate surface area is 166 Å². The molecule has 1 heterocycles. The van der Waals surface area contributed by atoms with Crippen molar-refractivity contribution in [2.45, 2.75) is 9.79 Å². The standard InChI is InChI=1S/C19H23N3O4S2/c20-27(23,24)18-8-10-19(11-9-18)28(25,26)22-15-13-21(14-16-22)12-4-7-17-5-2-1-3-6-17/h1-11H,12-16H2,(H2,20,23,24)/p+1. The molecule has 0 aromatic heterocycles. The molecule has 1 saturated heterocycles. The number of sulfonamides is 2. The van der Waals surface area contributed by atoms with Gasteiger partial charge in [0.15, 0.2) is 0 Å². The molecule has 9 heteroatoms. The zero-order chi connectivity index (χ0) is 20.2. The second kappa shape index (κ2) is 8.54. The number of hydrogen-bond donors (Lipinski definition) is 2. The molecule has 0 aliphatic carbocycles. The normalized spacial score (nSPS) is 17.2. The van der Waals surface area contributed by atoms with E-state index in [1.807, 2.05) is 30.3 Å². The van der Waals surface area contributed by atoms with E-state index in [4.69, 9.17) is 5.14 Å². The lowest BCUT2D eigenvalue weighted by Gasteiger charge is -2.31. The summed E-state index contributed by atoms with van der Waals surface area (Å²) in [6.07, 6.45) is 4.18. The number of piperazine rings is 1. The molecule has 1 aliphatic heterocycles. The number of nitrogens with one attached hydrogen (secondary N) is 1. The van der Waals surface area contributed by atoms with Crippen molar-refractivity contribution in [1.82, 2.24) is 4.31 Å². The predicted octanol–water partition coefficient (Wildman–Crippen LogP) is -0.0634. The van der Waals surface area contributed by atoms with E-state index in [0.29, 0.717) is 26.2 Å². The number of nitrogens with zero attached hydrogens (tertiary/aromatic N) is 1. The fourth-order valence-electron chi connectivity index (χ4n) is 3.12. The number of hydrogen-bond acceptors (Lipinski definition) is 4. The topological polar surface area (TPSA) is 102 Å². The minimum atomic E-state index is -3.84. The molecule has 0 saturated carbocycles. The highest BCUT2D eigenvalue weighted by molar-refractivity contribution is 7.89. The van der Waals surface area contributed by atoms with Crippen LogP contribution in [-0.4, -0.2) is 53.9 Å². The molecular formula is C19H24N3O4S2+. The fourth-order valence-corrected chi connectivity index (χ4v) is 5.08. The van der Waals surface area contributed by atoms with E-state index < -0.39 is 20.0 Å².